The van der Waals surface area contributed by atoms with Gasteiger partial charge in [-0.1, -0.05) is 77.9 Å². The highest BCUT2D eigenvalue weighted by atomic mass is 32.2. The van der Waals surface area contributed by atoms with E-state index in [9.17, 15) is 9.90 Å². The summed E-state index contributed by atoms with van der Waals surface area (Å²) < 4.78 is 0. The Kier molecular flexibility index (Phi) is 15.5. The summed E-state index contributed by atoms with van der Waals surface area (Å²) in [6.07, 6.45) is 11.9. The number of allylic oxidation sites excluding steroid dienone is 5. The van der Waals surface area contributed by atoms with Gasteiger partial charge in [-0.15, -0.1) is 0 Å². The minimum absolute atomic E-state index is 0.0694. The first-order chi connectivity index (χ1) is 17.5. The maximum Gasteiger partial charge on any atom is 0.217 e. The van der Waals surface area contributed by atoms with Crippen molar-refractivity contribution < 1.29 is 9.90 Å². The van der Waals surface area contributed by atoms with Crippen LogP contribution in [0.4, 0.5) is 0 Å². The first kappa shape index (κ1) is 32.4. The predicted octanol–water partition coefficient (Wildman–Crippen LogP) is 7.74. The fourth-order valence-corrected chi connectivity index (χ4v) is 4.79. The SMILES string of the molecule is C=C(O)C(CSC/C=C(\C)CC/C=C(\C)CCC=C(C)C)NC(=C)C(Cc1ccc(C)cc1)NC(C)=O. The fraction of sp³-hybridized carbons (Fsp3) is 0.469. The first-order valence-electron chi connectivity index (χ1n) is 13.2. The summed E-state index contributed by atoms with van der Waals surface area (Å²) in [6.45, 7) is 20.2. The third-order valence-electron chi connectivity index (χ3n) is 6.08. The summed E-state index contributed by atoms with van der Waals surface area (Å²) in [5.41, 5.74) is 7.17. The number of benzene rings is 1. The molecule has 2 unspecified atom stereocenters. The third-order valence-corrected chi connectivity index (χ3v) is 7.05. The van der Waals surface area contributed by atoms with E-state index in [1.165, 1.54) is 29.2 Å². The molecule has 5 heteroatoms. The molecule has 3 N–H and O–H groups in total. The number of carbonyl (C=O) groups excluding carboxylic acids is 1. The zero-order chi connectivity index (χ0) is 27.8. The Morgan fingerprint density at radius 2 is 1.51 bits per heavy atom. The largest absolute Gasteiger partial charge is 0.511 e. The number of amides is 1. The van der Waals surface area contributed by atoms with Crippen molar-refractivity contribution in [1.82, 2.24) is 10.6 Å². The van der Waals surface area contributed by atoms with Crippen LogP contribution in [-0.2, 0) is 11.2 Å². The number of aliphatic hydroxyl groups excluding tert-OH is 1. The molecule has 0 aliphatic carbocycles. The molecule has 1 amide bonds. The molecular formula is C32H48N2O2S. The maximum absolute atomic E-state index is 11.8. The smallest absolute Gasteiger partial charge is 0.217 e. The van der Waals surface area contributed by atoms with Gasteiger partial charge in [0, 0.05) is 24.1 Å². The van der Waals surface area contributed by atoms with E-state index in [1.807, 2.05) is 6.92 Å². The summed E-state index contributed by atoms with van der Waals surface area (Å²) >= 11 is 1.73. The van der Waals surface area contributed by atoms with Crippen LogP contribution in [0, 0.1) is 6.92 Å². The van der Waals surface area contributed by atoms with E-state index in [2.05, 4.69) is 94.0 Å². The second-order valence-corrected chi connectivity index (χ2v) is 11.2. The summed E-state index contributed by atoms with van der Waals surface area (Å²) in [6, 6.07) is 7.62. The van der Waals surface area contributed by atoms with Gasteiger partial charge in [0.25, 0.3) is 0 Å². The molecule has 0 spiro atoms. The molecule has 0 aliphatic heterocycles. The van der Waals surface area contributed by atoms with Crippen molar-refractivity contribution in [2.75, 3.05) is 11.5 Å². The molecule has 0 heterocycles. The molecule has 37 heavy (non-hydrogen) atoms. The van der Waals surface area contributed by atoms with E-state index in [4.69, 9.17) is 0 Å². The van der Waals surface area contributed by atoms with Crippen LogP contribution < -0.4 is 10.6 Å². The van der Waals surface area contributed by atoms with Gasteiger partial charge in [0.15, 0.2) is 0 Å². The zero-order valence-electron chi connectivity index (χ0n) is 23.8. The van der Waals surface area contributed by atoms with Gasteiger partial charge >= 0.3 is 0 Å². The van der Waals surface area contributed by atoms with E-state index in [1.54, 1.807) is 11.8 Å². The van der Waals surface area contributed by atoms with E-state index >= 15 is 0 Å². The standard InChI is InChI=1S/C32H48N2O2S/c1-23(2)11-9-12-24(3)13-10-14-25(4)19-20-37-22-32(28(7)35)33-27(6)31(34-29(8)36)21-30-17-15-26(5)16-18-30/h11,13,15-19,31-33,35H,6-7,9-10,12,14,20-22H2,1-5,8H3,(H,34,36)/b24-13+,25-19+. The first-order valence-corrected chi connectivity index (χ1v) is 14.3. The Hall–Kier alpha value is -2.66. The molecule has 0 radical (unpaired) electrons. The van der Waals surface area contributed by atoms with Crippen molar-refractivity contribution in [2.24, 2.45) is 0 Å². The number of nitrogens with one attached hydrogen (secondary N) is 2. The topological polar surface area (TPSA) is 61.4 Å². The Bertz CT molecular complexity index is 969. The number of hydrogen-bond acceptors (Lipinski definition) is 4. The van der Waals surface area contributed by atoms with Gasteiger partial charge in [0.05, 0.1) is 12.1 Å². The number of carbonyl (C=O) groups is 1. The van der Waals surface area contributed by atoms with Gasteiger partial charge in [-0.3, -0.25) is 4.79 Å². The van der Waals surface area contributed by atoms with Gasteiger partial charge < -0.3 is 15.7 Å². The molecule has 2 atom stereocenters. The molecule has 1 rings (SSSR count). The van der Waals surface area contributed by atoms with Crippen LogP contribution in [-0.4, -0.2) is 34.6 Å². The lowest BCUT2D eigenvalue weighted by atomic mass is 10.0. The van der Waals surface area contributed by atoms with Crippen LogP contribution in [0.15, 0.2) is 83.8 Å². The van der Waals surface area contributed by atoms with Crippen LogP contribution in [0.3, 0.4) is 0 Å². The van der Waals surface area contributed by atoms with Crippen LogP contribution >= 0.6 is 11.8 Å². The normalized spacial score (nSPS) is 13.5. The molecular weight excluding hydrogens is 476 g/mol. The Morgan fingerprint density at radius 1 is 0.919 bits per heavy atom. The lowest BCUT2D eigenvalue weighted by Crippen LogP contribution is -2.44. The summed E-state index contributed by atoms with van der Waals surface area (Å²) in [5.74, 6) is 1.47. The van der Waals surface area contributed by atoms with Crippen LogP contribution in [0.2, 0.25) is 0 Å². The van der Waals surface area contributed by atoms with Crippen LogP contribution in [0.25, 0.3) is 0 Å². The highest BCUT2D eigenvalue weighted by Crippen LogP contribution is 2.16. The van der Waals surface area contributed by atoms with E-state index in [0.29, 0.717) is 17.9 Å². The van der Waals surface area contributed by atoms with Crippen molar-refractivity contribution in [3.63, 3.8) is 0 Å². The molecule has 0 fully saturated rings. The van der Waals surface area contributed by atoms with Crippen LogP contribution in [0.1, 0.15) is 71.4 Å². The second kappa shape index (κ2) is 17.7. The monoisotopic (exact) mass is 524 g/mol. The molecule has 0 aliphatic rings. The van der Waals surface area contributed by atoms with E-state index in [0.717, 1.165) is 37.0 Å². The summed E-state index contributed by atoms with van der Waals surface area (Å²) in [5, 5.41) is 16.5. The van der Waals surface area contributed by atoms with Crippen molar-refractivity contribution in [2.45, 2.75) is 85.7 Å². The molecule has 0 saturated carbocycles. The minimum Gasteiger partial charge on any atom is -0.511 e. The predicted molar refractivity (Wildman–Crippen MR) is 163 cm³/mol. The molecule has 4 nitrogen and oxygen atoms in total. The number of rotatable bonds is 17. The quantitative estimate of drug-likeness (QED) is 0.111. The van der Waals surface area contributed by atoms with Crippen molar-refractivity contribution >= 4 is 17.7 Å². The average Bonchev–Trinajstić information content (AvgIpc) is 2.81. The van der Waals surface area contributed by atoms with Crippen molar-refractivity contribution in [1.29, 1.82) is 0 Å². The molecule has 204 valence electrons. The second-order valence-electron chi connectivity index (χ2n) is 10.2. The van der Waals surface area contributed by atoms with Gasteiger partial charge in [-0.2, -0.15) is 11.8 Å². The number of aliphatic hydroxyl groups is 1. The Labute approximate surface area is 230 Å². The van der Waals surface area contributed by atoms with Gasteiger partial charge in [-0.05, 0) is 72.3 Å². The Morgan fingerprint density at radius 3 is 2.08 bits per heavy atom. The number of thioether (sulfide) groups is 1. The average molecular weight is 525 g/mol. The van der Waals surface area contributed by atoms with Crippen molar-refractivity contribution in [3.05, 3.63) is 95.0 Å². The van der Waals surface area contributed by atoms with Gasteiger partial charge in [-0.25, -0.2) is 0 Å². The lowest BCUT2D eigenvalue weighted by molar-refractivity contribution is -0.119. The van der Waals surface area contributed by atoms with E-state index in [-0.39, 0.29) is 23.8 Å². The highest BCUT2D eigenvalue weighted by Gasteiger charge is 2.19. The molecule has 1 aromatic carbocycles. The van der Waals surface area contributed by atoms with Crippen LogP contribution in [0.5, 0.6) is 0 Å². The fourth-order valence-electron chi connectivity index (χ4n) is 3.74. The third kappa shape index (κ3) is 15.2. The van der Waals surface area contributed by atoms with E-state index < -0.39 is 0 Å². The van der Waals surface area contributed by atoms with Gasteiger partial charge in [0.2, 0.25) is 5.91 Å². The minimum atomic E-state index is -0.341. The molecule has 1 aromatic rings. The summed E-state index contributed by atoms with van der Waals surface area (Å²) in [4.78, 5) is 11.8. The zero-order valence-corrected chi connectivity index (χ0v) is 24.6. The molecule has 0 bridgehead atoms. The number of hydrogen-bond donors (Lipinski definition) is 3. The lowest BCUT2D eigenvalue weighted by Gasteiger charge is -2.26. The maximum atomic E-state index is 11.8. The Balaban J connectivity index is 2.56. The molecule has 0 saturated heterocycles. The highest BCUT2D eigenvalue weighted by molar-refractivity contribution is 7.99. The van der Waals surface area contributed by atoms with Gasteiger partial charge in [0.1, 0.15) is 5.76 Å². The van der Waals surface area contributed by atoms with Crippen molar-refractivity contribution in [3.8, 4) is 0 Å². The number of aryl methyl sites for hydroxylation is 1. The summed E-state index contributed by atoms with van der Waals surface area (Å²) in [7, 11) is 0. The molecule has 0 aromatic heterocycles.